The molecule has 6 nitrogen and oxygen atoms in total. The number of carbonyl (C=O) groups excluding carboxylic acids is 1. The summed E-state index contributed by atoms with van der Waals surface area (Å²) >= 11 is 0. The van der Waals surface area contributed by atoms with Gasteiger partial charge in [0.05, 0.1) is 23.7 Å². The highest BCUT2D eigenvalue weighted by molar-refractivity contribution is 5.94. The van der Waals surface area contributed by atoms with Crippen LogP contribution in [0.4, 0.5) is 0 Å². The lowest BCUT2D eigenvalue weighted by molar-refractivity contribution is -0.0565. The van der Waals surface area contributed by atoms with Gasteiger partial charge in [-0.3, -0.25) is 9.58 Å². The van der Waals surface area contributed by atoms with E-state index in [0.29, 0.717) is 11.1 Å². The number of fused-ring (bicyclic) bond motifs is 4. The van der Waals surface area contributed by atoms with Gasteiger partial charge in [0.1, 0.15) is 0 Å². The Balaban J connectivity index is 0.00000192. The SMILES string of the molecule is COC(=O)c1ccc2cn(C34CCC(N5CCNCC5)(CC3)CC4)nc2c1.Cl. The first-order valence-electron chi connectivity index (χ1n) is 10.2. The van der Waals surface area contributed by atoms with Crippen molar-refractivity contribution in [2.75, 3.05) is 33.3 Å². The van der Waals surface area contributed by atoms with E-state index in [-0.39, 0.29) is 23.9 Å². The number of rotatable bonds is 3. The third-order valence-electron chi connectivity index (χ3n) is 7.37. The summed E-state index contributed by atoms with van der Waals surface area (Å²) < 4.78 is 7.06. The molecule has 1 N–H and O–H groups in total. The molecule has 4 fully saturated rings. The van der Waals surface area contributed by atoms with E-state index in [1.54, 1.807) is 0 Å². The van der Waals surface area contributed by atoms with E-state index in [0.717, 1.165) is 24.0 Å². The van der Waals surface area contributed by atoms with Crippen molar-refractivity contribution in [1.29, 1.82) is 0 Å². The first-order valence-corrected chi connectivity index (χ1v) is 10.2. The maximum atomic E-state index is 11.8. The molecule has 1 aromatic carbocycles. The van der Waals surface area contributed by atoms with Crippen molar-refractivity contribution in [3.63, 3.8) is 0 Å². The lowest BCUT2D eigenvalue weighted by Crippen LogP contribution is -2.62. The standard InChI is InChI=1S/C21H28N4O2.ClH/c1-27-19(26)16-2-3-17-15-25(23-18(17)14-16)21-7-4-20(5-8-21,6-9-21)24-12-10-22-11-13-24;/h2-3,14-15,22H,4-13H2,1H3;1H. The maximum absolute atomic E-state index is 11.8. The third kappa shape index (κ3) is 3.02. The van der Waals surface area contributed by atoms with Gasteiger partial charge in [-0.05, 0) is 50.7 Å². The Hall–Kier alpha value is -1.63. The zero-order valence-electron chi connectivity index (χ0n) is 16.4. The van der Waals surface area contributed by atoms with Crippen molar-refractivity contribution in [2.45, 2.75) is 49.6 Å². The van der Waals surface area contributed by atoms with Gasteiger partial charge in [-0.25, -0.2) is 4.79 Å². The Morgan fingerprint density at radius 2 is 1.71 bits per heavy atom. The summed E-state index contributed by atoms with van der Waals surface area (Å²) in [5.41, 5.74) is 2.03. The van der Waals surface area contributed by atoms with Gasteiger partial charge in [-0.1, -0.05) is 6.07 Å². The molecule has 4 aliphatic rings. The smallest absolute Gasteiger partial charge is 0.337 e. The first-order chi connectivity index (χ1) is 13.1. The highest BCUT2D eigenvalue weighted by Crippen LogP contribution is 2.53. The largest absolute Gasteiger partial charge is 0.465 e. The monoisotopic (exact) mass is 404 g/mol. The molecule has 152 valence electrons. The van der Waals surface area contributed by atoms with Gasteiger partial charge in [0.25, 0.3) is 0 Å². The maximum Gasteiger partial charge on any atom is 0.337 e. The summed E-state index contributed by atoms with van der Waals surface area (Å²) in [6.07, 6.45) is 9.61. The molecule has 0 atom stereocenters. The summed E-state index contributed by atoms with van der Waals surface area (Å²) in [5.74, 6) is -0.305. The number of hydrogen-bond acceptors (Lipinski definition) is 5. The highest BCUT2D eigenvalue weighted by Gasteiger charge is 2.52. The molecule has 0 spiro atoms. The second-order valence-electron chi connectivity index (χ2n) is 8.52. The van der Waals surface area contributed by atoms with E-state index in [9.17, 15) is 4.79 Å². The number of hydrogen-bond donors (Lipinski definition) is 1. The topological polar surface area (TPSA) is 59.4 Å². The predicted molar refractivity (Wildman–Crippen MR) is 111 cm³/mol. The Bertz CT molecular complexity index is 850. The fourth-order valence-electron chi connectivity index (χ4n) is 5.61. The number of aromatic nitrogens is 2. The molecule has 2 aromatic rings. The van der Waals surface area contributed by atoms with Crippen LogP contribution in [0.2, 0.25) is 0 Å². The van der Waals surface area contributed by atoms with Gasteiger partial charge in [-0.2, -0.15) is 5.10 Å². The second-order valence-corrected chi connectivity index (χ2v) is 8.52. The molecule has 0 amide bonds. The van der Waals surface area contributed by atoms with E-state index >= 15 is 0 Å². The van der Waals surface area contributed by atoms with Gasteiger partial charge >= 0.3 is 5.97 Å². The Morgan fingerprint density at radius 1 is 1.07 bits per heavy atom. The molecule has 28 heavy (non-hydrogen) atoms. The van der Waals surface area contributed by atoms with Gasteiger partial charge < -0.3 is 10.1 Å². The molecule has 3 saturated carbocycles. The van der Waals surface area contributed by atoms with E-state index in [2.05, 4.69) is 21.1 Å². The van der Waals surface area contributed by atoms with E-state index < -0.39 is 0 Å². The fourth-order valence-corrected chi connectivity index (χ4v) is 5.61. The minimum Gasteiger partial charge on any atom is -0.465 e. The third-order valence-corrected chi connectivity index (χ3v) is 7.37. The van der Waals surface area contributed by atoms with Crippen LogP contribution in [-0.4, -0.2) is 59.5 Å². The Kier molecular flexibility index (Phi) is 5.14. The summed E-state index contributed by atoms with van der Waals surface area (Å²) in [7, 11) is 1.42. The summed E-state index contributed by atoms with van der Waals surface area (Å²) in [4.78, 5) is 14.6. The van der Waals surface area contributed by atoms with Crippen LogP contribution in [0, 0.1) is 0 Å². The normalized spacial score (nSPS) is 30.2. The van der Waals surface area contributed by atoms with Crippen molar-refractivity contribution in [3.05, 3.63) is 30.0 Å². The first kappa shape index (κ1) is 19.7. The van der Waals surface area contributed by atoms with Gasteiger partial charge in [0.15, 0.2) is 0 Å². The molecule has 1 aliphatic heterocycles. The van der Waals surface area contributed by atoms with E-state index in [1.807, 2.05) is 18.2 Å². The highest BCUT2D eigenvalue weighted by atomic mass is 35.5. The van der Waals surface area contributed by atoms with Crippen LogP contribution < -0.4 is 5.32 Å². The molecule has 3 aliphatic carbocycles. The fraction of sp³-hybridized carbons (Fsp3) is 0.619. The summed E-state index contributed by atoms with van der Waals surface area (Å²) in [6.45, 7) is 4.63. The lowest BCUT2D eigenvalue weighted by atomic mass is 9.60. The molecule has 1 aromatic heterocycles. The minimum atomic E-state index is -0.305. The van der Waals surface area contributed by atoms with Crippen molar-refractivity contribution >= 4 is 29.3 Å². The Morgan fingerprint density at radius 3 is 2.36 bits per heavy atom. The molecule has 0 unspecified atom stereocenters. The van der Waals surface area contributed by atoms with Gasteiger partial charge in [0.2, 0.25) is 0 Å². The number of nitrogens with zero attached hydrogens (tertiary/aromatic N) is 3. The number of piperazine rings is 1. The number of methoxy groups -OCH3 is 1. The van der Waals surface area contributed by atoms with Crippen molar-refractivity contribution in [3.8, 4) is 0 Å². The van der Waals surface area contributed by atoms with Crippen molar-refractivity contribution < 1.29 is 9.53 Å². The molecule has 7 heteroatoms. The number of nitrogens with one attached hydrogen (secondary N) is 1. The van der Waals surface area contributed by atoms with Crippen molar-refractivity contribution in [1.82, 2.24) is 20.0 Å². The second kappa shape index (κ2) is 7.32. The molecular formula is C21H29ClN4O2. The lowest BCUT2D eigenvalue weighted by Gasteiger charge is -2.58. The van der Waals surface area contributed by atoms with Gasteiger partial charge in [-0.15, -0.1) is 12.4 Å². The summed E-state index contributed by atoms with van der Waals surface area (Å²) in [5, 5.41) is 9.48. The molecule has 0 radical (unpaired) electrons. The summed E-state index contributed by atoms with van der Waals surface area (Å²) in [6, 6.07) is 5.67. The quantitative estimate of drug-likeness (QED) is 0.797. The molecule has 2 heterocycles. The molecule has 2 bridgehead atoms. The number of esters is 1. The van der Waals surface area contributed by atoms with E-state index in [1.165, 1.54) is 58.7 Å². The molecule has 1 saturated heterocycles. The van der Waals surface area contributed by atoms with Crippen LogP contribution in [0.5, 0.6) is 0 Å². The van der Waals surface area contributed by atoms with Gasteiger partial charge in [0, 0.05) is 43.3 Å². The number of ether oxygens (including phenoxy) is 1. The van der Waals surface area contributed by atoms with Crippen molar-refractivity contribution in [2.24, 2.45) is 0 Å². The van der Waals surface area contributed by atoms with Crippen LogP contribution in [-0.2, 0) is 10.3 Å². The van der Waals surface area contributed by atoms with Crippen LogP contribution >= 0.6 is 12.4 Å². The zero-order chi connectivity index (χ0) is 18.5. The van der Waals surface area contributed by atoms with Crippen LogP contribution in [0.1, 0.15) is 48.9 Å². The average Bonchev–Trinajstić information content (AvgIpc) is 3.19. The average molecular weight is 405 g/mol. The van der Waals surface area contributed by atoms with Crippen LogP contribution in [0.25, 0.3) is 10.9 Å². The number of benzene rings is 1. The van der Waals surface area contributed by atoms with Crippen LogP contribution in [0.3, 0.4) is 0 Å². The molecular weight excluding hydrogens is 376 g/mol. The molecule has 6 rings (SSSR count). The zero-order valence-corrected chi connectivity index (χ0v) is 17.3. The number of halogens is 1. The van der Waals surface area contributed by atoms with Crippen LogP contribution in [0.15, 0.2) is 24.4 Å². The van der Waals surface area contributed by atoms with E-state index in [4.69, 9.17) is 9.84 Å². The number of carbonyl (C=O) groups is 1. The predicted octanol–water partition coefficient (Wildman–Crippen LogP) is 2.95. The Labute approximate surface area is 172 Å². The minimum absolute atomic E-state index is 0.